The SMILES string of the molecule is CCCCCCC(CCCCCC)N1C(=O)c2ccc3c4ccc5c6c(cc(O)c(c7ccc(c2c37)C1=O)c64)C(=O)N(C(CCCCCC)CCCCCC)C5=O. The second-order valence-electron chi connectivity index (χ2n) is 17.0. The van der Waals surface area contributed by atoms with Gasteiger partial charge in [-0.1, -0.05) is 149 Å². The molecule has 302 valence electrons. The third kappa shape index (κ3) is 7.40. The molecule has 4 amide bonds. The molecule has 1 N–H and O–H groups in total. The molecule has 0 saturated heterocycles. The van der Waals surface area contributed by atoms with Crippen LogP contribution in [0.4, 0.5) is 0 Å². The number of amides is 4. The summed E-state index contributed by atoms with van der Waals surface area (Å²) in [5.41, 5.74) is 1.86. The van der Waals surface area contributed by atoms with E-state index in [1.54, 1.807) is 11.0 Å². The third-order valence-corrected chi connectivity index (χ3v) is 13.1. The molecule has 2 aliphatic rings. The summed E-state index contributed by atoms with van der Waals surface area (Å²) in [6.07, 6.45) is 20.4. The molecule has 5 aromatic carbocycles. The Labute approximate surface area is 338 Å². The van der Waals surface area contributed by atoms with Crippen molar-refractivity contribution in [2.24, 2.45) is 0 Å². The van der Waals surface area contributed by atoms with E-state index in [2.05, 4.69) is 27.7 Å². The first-order valence-electron chi connectivity index (χ1n) is 22.5. The van der Waals surface area contributed by atoms with Crippen molar-refractivity contribution < 1.29 is 24.3 Å². The minimum Gasteiger partial charge on any atom is -0.507 e. The molecular formula is C50H62N2O5. The molecule has 57 heavy (non-hydrogen) atoms. The lowest BCUT2D eigenvalue weighted by Crippen LogP contribution is -2.47. The van der Waals surface area contributed by atoms with Crippen LogP contribution in [0.25, 0.3) is 43.1 Å². The van der Waals surface area contributed by atoms with Gasteiger partial charge in [-0.15, -0.1) is 0 Å². The van der Waals surface area contributed by atoms with Gasteiger partial charge in [-0.3, -0.25) is 29.0 Å². The van der Waals surface area contributed by atoms with E-state index in [0.717, 1.165) is 145 Å². The van der Waals surface area contributed by atoms with Crippen LogP contribution >= 0.6 is 0 Å². The van der Waals surface area contributed by atoms with Crippen LogP contribution in [0.15, 0.2) is 42.5 Å². The molecule has 0 unspecified atom stereocenters. The maximum absolute atomic E-state index is 14.6. The molecule has 0 fully saturated rings. The molecule has 5 aromatic rings. The summed E-state index contributed by atoms with van der Waals surface area (Å²) in [6, 6.07) is 12.5. The molecule has 7 heteroatoms. The first-order chi connectivity index (χ1) is 27.8. The first kappa shape index (κ1) is 40.7. The van der Waals surface area contributed by atoms with Gasteiger partial charge in [0, 0.05) is 50.3 Å². The van der Waals surface area contributed by atoms with E-state index >= 15 is 0 Å². The van der Waals surface area contributed by atoms with Crippen LogP contribution in [-0.4, -0.2) is 50.6 Å². The molecule has 0 spiro atoms. The maximum Gasteiger partial charge on any atom is 0.261 e. The molecule has 2 aliphatic heterocycles. The van der Waals surface area contributed by atoms with E-state index in [4.69, 9.17) is 0 Å². The normalized spacial score (nSPS) is 14.4. The van der Waals surface area contributed by atoms with E-state index < -0.39 is 0 Å². The van der Waals surface area contributed by atoms with Gasteiger partial charge in [0.05, 0.1) is 5.56 Å². The topological polar surface area (TPSA) is 95.0 Å². The quantitative estimate of drug-likeness (QED) is 0.0327. The van der Waals surface area contributed by atoms with Crippen molar-refractivity contribution in [3.05, 3.63) is 64.7 Å². The van der Waals surface area contributed by atoms with Gasteiger partial charge in [-0.05, 0) is 71.5 Å². The van der Waals surface area contributed by atoms with Crippen molar-refractivity contribution in [3.8, 4) is 5.75 Å². The fraction of sp³-hybridized carbons (Fsp3) is 0.520. The number of imide groups is 2. The average molecular weight is 771 g/mol. The molecule has 7 rings (SSSR count). The molecule has 0 saturated carbocycles. The number of rotatable bonds is 22. The molecule has 0 atom stereocenters. The van der Waals surface area contributed by atoms with E-state index in [1.807, 2.05) is 36.4 Å². The van der Waals surface area contributed by atoms with Crippen molar-refractivity contribution >= 4 is 66.7 Å². The summed E-state index contributed by atoms with van der Waals surface area (Å²) in [5.74, 6) is -1.14. The van der Waals surface area contributed by atoms with Gasteiger partial charge in [0.25, 0.3) is 23.6 Å². The molecule has 7 nitrogen and oxygen atoms in total. The van der Waals surface area contributed by atoms with Gasteiger partial charge in [0.2, 0.25) is 0 Å². The fourth-order valence-electron chi connectivity index (χ4n) is 10.1. The fourth-order valence-corrected chi connectivity index (χ4v) is 10.1. The molecule has 0 bridgehead atoms. The smallest absolute Gasteiger partial charge is 0.261 e. The lowest BCUT2D eigenvalue weighted by Gasteiger charge is -2.35. The van der Waals surface area contributed by atoms with Crippen LogP contribution < -0.4 is 0 Å². The number of hydrogen-bond acceptors (Lipinski definition) is 5. The van der Waals surface area contributed by atoms with Crippen molar-refractivity contribution in [1.29, 1.82) is 0 Å². The van der Waals surface area contributed by atoms with Crippen molar-refractivity contribution in [1.82, 2.24) is 9.80 Å². The number of nitrogens with zero attached hydrogens (tertiary/aromatic N) is 2. The summed E-state index contributed by atoms with van der Waals surface area (Å²) in [5, 5.41) is 17.5. The predicted octanol–water partition coefficient (Wildman–Crippen LogP) is 13.3. The second-order valence-corrected chi connectivity index (χ2v) is 17.0. The Hall–Kier alpha value is -4.52. The van der Waals surface area contributed by atoms with Gasteiger partial charge in [-0.2, -0.15) is 0 Å². The third-order valence-electron chi connectivity index (χ3n) is 13.1. The van der Waals surface area contributed by atoms with Gasteiger partial charge >= 0.3 is 0 Å². The minimum atomic E-state index is -0.339. The monoisotopic (exact) mass is 770 g/mol. The number of aromatic hydroxyl groups is 1. The minimum absolute atomic E-state index is 0.0401. The molecular weight excluding hydrogens is 709 g/mol. The lowest BCUT2D eigenvalue weighted by molar-refractivity contribution is 0.0501. The standard InChI is InChI=1S/C50H62N2O5/c1-5-9-13-17-21-32(22-18-14-10-6-2)51-47(54)37-28-25-34-35-26-29-39-44-40(31-41(53)45(46(35)44)36-27-30-38(48(51)55)43(37)42(34)36)50(57)52(49(39)56)33(23-19-15-11-7-3)24-20-16-12-8-4/h25-33,53H,5-24H2,1-4H3. The second kappa shape index (κ2) is 18.0. The number of hydrogen-bond donors (Lipinski definition) is 1. The largest absolute Gasteiger partial charge is 0.507 e. The average Bonchev–Trinajstić information content (AvgIpc) is 3.21. The molecule has 0 radical (unpaired) electrons. The number of unbranched alkanes of at least 4 members (excludes halogenated alkanes) is 12. The zero-order valence-corrected chi connectivity index (χ0v) is 34.8. The first-order valence-corrected chi connectivity index (χ1v) is 22.5. The predicted molar refractivity (Wildman–Crippen MR) is 233 cm³/mol. The van der Waals surface area contributed by atoms with Crippen LogP contribution in [0.2, 0.25) is 0 Å². The van der Waals surface area contributed by atoms with Gasteiger partial charge in [0.15, 0.2) is 0 Å². The van der Waals surface area contributed by atoms with Crippen LogP contribution in [0, 0.1) is 0 Å². The van der Waals surface area contributed by atoms with Gasteiger partial charge < -0.3 is 5.11 Å². The Morgan fingerprint density at radius 2 is 0.754 bits per heavy atom. The summed E-state index contributed by atoms with van der Waals surface area (Å²) in [7, 11) is 0. The van der Waals surface area contributed by atoms with E-state index in [1.165, 1.54) is 4.90 Å². The number of carbonyl (C=O) groups excluding carboxylic acids is 4. The Kier molecular flexibility index (Phi) is 12.8. The summed E-state index contributed by atoms with van der Waals surface area (Å²) >= 11 is 0. The van der Waals surface area contributed by atoms with Crippen molar-refractivity contribution in [3.63, 3.8) is 0 Å². The maximum atomic E-state index is 14.6. The Bertz CT molecular complexity index is 2240. The van der Waals surface area contributed by atoms with Crippen LogP contribution in [0.3, 0.4) is 0 Å². The zero-order valence-electron chi connectivity index (χ0n) is 34.8. The van der Waals surface area contributed by atoms with E-state index in [9.17, 15) is 24.3 Å². The van der Waals surface area contributed by atoms with Crippen LogP contribution in [0.1, 0.15) is 198 Å². The highest BCUT2D eigenvalue weighted by molar-refractivity contribution is 6.42. The van der Waals surface area contributed by atoms with Crippen LogP contribution in [-0.2, 0) is 0 Å². The summed E-state index contributed by atoms with van der Waals surface area (Å²) < 4.78 is 0. The highest BCUT2D eigenvalue weighted by Crippen LogP contribution is 2.49. The van der Waals surface area contributed by atoms with Crippen molar-refractivity contribution in [2.45, 2.75) is 168 Å². The molecule has 0 aromatic heterocycles. The van der Waals surface area contributed by atoms with Gasteiger partial charge in [-0.25, -0.2) is 0 Å². The summed E-state index contributed by atoms with van der Waals surface area (Å²) in [4.78, 5) is 61.2. The van der Waals surface area contributed by atoms with Gasteiger partial charge in [0.1, 0.15) is 5.75 Å². The highest BCUT2D eigenvalue weighted by atomic mass is 16.3. The van der Waals surface area contributed by atoms with Crippen LogP contribution in [0.5, 0.6) is 5.75 Å². The molecule has 0 aliphatic carbocycles. The lowest BCUT2D eigenvalue weighted by atomic mass is 9.81. The summed E-state index contributed by atoms with van der Waals surface area (Å²) in [6.45, 7) is 8.74. The number of phenols is 1. The molecule has 2 heterocycles. The number of fused-ring (bicyclic) bond motifs is 2. The number of benzene rings is 5. The number of carbonyl (C=O) groups is 4. The highest BCUT2D eigenvalue weighted by Gasteiger charge is 2.41. The Morgan fingerprint density at radius 3 is 1.16 bits per heavy atom. The Balaban J connectivity index is 1.32. The zero-order chi connectivity index (χ0) is 40.2. The van der Waals surface area contributed by atoms with Crippen molar-refractivity contribution in [2.75, 3.05) is 0 Å². The number of phenolic OH excluding ortho intramolecular Hbond substituents is 1. The van der Waals surface area contributed by atoms with E-state index in [-0.39, 0.29) is 41.5 Å². The Morgan fingerprint density at radius 1 is 0.404 bits per heavy atom. The van der Waals surface area contributed by atoms with E-state index in [0.29, 0.717) is 49.2 Å².